The highest BCUT2D eigenvalue weighted by Gasteiger charge is 2.29. The number of amides is 1. The molecule has 6 heteroatoms. The van der Waals surface area contributed by atoms with Crippen LogP contribution in [0.4, 0.5) is 0 Å². The van der Waals surface area contributed by atoms with Gasteiger partial charge in [0.1, 0.15) is 0 Å². The first-order chi connectivity index (χ1) is 11.2. The zero-order chi connectivity index (χ0) is 16.2. The van der Waals surface area contributed by atoms with Crippen LogP contribution in [0.1, 0.15) is 34.2 Å². The van der Waals surface area contributed by atoms with Crippen molar-refractivity contribution >= 4 is 17.2 Å². The molecule has 3 rings (SSSR count). The molecule has 122 valence electrons. The van der Waals surface area contributed by atoms with E-state index in [1.807, 2.05) is 22.4 Å². The molecule has 1 atom stereocenters. The topological polar surface area (TPSA) is 62.7 Å². The summed E-state index contributed by atoms with van der Waals surface area (Å²) in [6.07, 6.45) is 2.78. The number of aliphatic hydroxyl groups is 1. The van der Waals surface area contributed by atoms with Gasteiger partial charge in [0.05, 0.1) is 13.2 Å². The van der Waals surface area contributed by atoms with Crippen molar-refractivity contribution in [1.82, 2.24) is 9.88 Å². The zero-order valence-corrected chi connectivity index (χ0v) is 13.8. The Hall–Kier alpha value is -1.92. The molecule has 0 spiro atoms. The van der Waals surface area contributed by atoms with Gasteiger partial charge in [-0.3, -0.25) is 4.79 Å². The summed E-state index contributed by atoms with van der Waals surface area (Å²) in [5.41, 5.74) is 0.592. The Bertz CT molecular complexity index is 652. The van der Waals surface area contributed by atoms with Crippen molar-refractivity contribution in [2.45, 2.75) is 18.9 Å². The number of rotatable bonds is 4. The number of aliphatic hydroxyl groups excluding tert-OH is 1. The van der Waals surface area contributed by atoms with E-state index in [1.165, 1.54) is 7.11 Å². The molecular formula is C17H20N2O3S. The van der Waals surface area contributed by atoms with E-state index in [1.54, 1.807) is 29.7 Å². The minimum Gasteiger partial charge on any atom is -0.481 e. The Balaban J connectivity index is 1.61. The van der Waals surface area contributed by atoms with Crippen LogP contribution in [-0.4, -0.2) is 41.1 Å². The summed E-state index contributed by atoms with van der Waals surface area (Å²) < 4.78 is 5.07. The van der Waals surface area contributed by atoms with Crippen LogP contribution < -0.4 is 4.74 Å². The van der Waals surface area contributed by atoms with Crippen molar-refractivity contribution in [1.29, 1.82) is 0 Å². The van der Waals surface area contributed by atoms with E-state index in [4.69, 9.17) is 4.74 Å². The summed E-state index contributed by atoms with van der Waals surface area (Å²) in [6, 6.07) is 7.29. The van der Waals surface area contributed by atoms with Gasteiger partial charge >= 0.3 is 0 Å². The first kappa shape index (κ1) is 16.0. The highest BCUT2D eigenvalue weighted by Crippen LogP contribution is 2.33. The average molecular weight is 332 g/mol. The highest BCUT2D eigenvalue weighted by molar-refractivity contribution is 7.10. The van der Waals surface area contributed by atoms with Gasteiger partial charge in [-0.2, -0.15) is 0 Å². The lowest BCUT2D eigenvalue weighted by Gasteiger charge is -2.34. The molecule has 1 saturated heterocycles. The van der Waals surface area contributed by atoms with E-state index in [2.05, 4.69) is 4.98 Å². The Morgan fingerprint density at radius 2 is 2.22 bits per heavy atom. The molecule has 2 aromatic heterocycles. The molecule has 1 aliphatic rings. The third kappa shape index (κ3) is 3.54. The highest BCUT2D eigenvalue weighted by atomic mass is 32.1. The molecule has 1 amide bonds. The van der Waals surface area contributed by atoms with E-state index < -0.39 is 6.10 Å². The molecular weight excluding hydrogens is 312 g/mol. The van der Waals surface area contributed by atoms with Crippen LogP contribution in [-0.2, 0) is 0 Å². The van der Waals surface area contributed by atoms with Crippen molar-refractivity contribution in [3.63, 3.8) is 0 Å². The number of ether oxygens (including phenoxy) is 1. The van der Waals surface area contributed by atoms with Crippen LogP contribution >= 0.6 is 11.3 Å². The van der Waals surface area contributed by atoms with E-state index in [0.29, 0.717) is 24.5 Å². The number of carbonyl (C=O) groups is 1. The molecule has 0 aromatic carbocycles. The minimum absolute atomic E-state index is 0.00485. The molecule has 3 heterocycles. The van der Waals surface area contributed by atoms with Crippen molar-refractivity contribution < 1.29 is 14.6 Å². The summed E-state index contributed by atoms with van der Waals surface area (Å²) in [5, 5.41) is 12.4. The van der Waals surface area contributed by atoms with E-state index in [0.717, 1.165) is 17.7 Å². The maximum absolute atomic E-state index is 12.6. The summed E-state index contributed by atoms with van der Waals surface area (Å²) >= 11 is 1.58. The Morgan fingerprint density at radius 1 is 1.43 bits per heavy atom. The number of hydrogen-bond acceptors (Lipinski definition) is 5. The zero-order valence-electron chi connectivity index (χ0n) is 13.0. The number of pyridine rings is 1. The average Bonchev–Trinajstić information content (AvgIpc) is 3.15. The van der Waals surface area contributed by atoms with Crippen LogP contribution in [0.3, 0.4) is 0 Å². The van der Waals surface area contributed by atoms with Gasteiger partial charge in [0, 0.05) is 35.8 Å². The van der Waals surface area contributed by atoms with Crippen LogP contribution in [0.5, 0.6) is 5.88 Å². The molecule has 23 heavy (non-hydrogen) atoms. The number of aromatic nitrogens is 1. The number of thiophene rings is 1. The van der Waals surface area contributed by atoms with E-state index >= 15 is 0 Å². The third-order valence-electron chi connectivity index (χ3n) is 4.30. The molecule has 1 unspecified atom stereocenters. The van der Waals surface area contributed by atoms with E-state index in [9.17, 15) is 9.90 Å². The summed E-state index contributed by atoms with van der Waals surface area (Å²) in [6.45, 7) is 1.33. The number of methoxy groups -OCH3 is 1. The van der Waals surface area contributed by atoms with Gasteiger partial charge in [-0.1, -0.05) is 6.07 Å². The number of piperidine rings is 1. The predicted molar refractivity (Wildman–Crippen MR) is 88.7 cm³/mol. The Labute approximate surface area is 139 Å². The molecule has 5 nitrogen and oxygen atoms in total. The van der Waals surface area contributed by atoms with Gasteiger partial charge in [-0.25, -0.2) is 4.98 Å². The molecule has 2 aromatic rings. The fraction of sp³-hybridized carbons (Fsp3) is 0.412. The smallest absolute Gasteiger partial charge is 0.254 e. The van der Waals surface area contributed by atoms with Crippen LogP contribution in [0.2, 0.25) is 0 Å². The molecule has 0 bridgehead atoms. The summed E-state index contributed by atoms with van der Waals surface area (Å²) in [4.78, 5) is 19.4. The Morgan fingerprint density at radius 3 is 2.87 bits per heavy atom. The predicted octanol–water partition coefficient (Wildman–Crippen LogP) is 2.74. The minimum atomic E-state index is -0.423. The van der Waals surface area contributed by atoms with Crippen LogP contribution in [0.15, 0.2) is 35.8 Å². The standard InChI is InChI=1S/C17H20N2O3S/c1-22-15-11-13(4-7-18-15)17(21)19-8-5-12(6-9-19)16(20)14-3-2-10-23-14/h2-4,7,10-12,16,20H,5-6,8-9H2,1H3. The summed E-state index contributed by atoms with van der Waals surface area (Å²) in [7, 11) is 1.54. The second kappa shape index (κ2) is 7.10. The maximum Gasteiger partial charge on any atom is 0.254 e. The van der Waals surface area contributed by atoms with Gasteiger partial charge in [0.15, 0.2) is 0 Å². The quantitative estimate of drug-likeness (QED) is 0.935. The second-order valence-electron chi connectivity index (χ2n) is 5.68. The fourth-order valence-corrected chi connectivity index (χ4v) is 3.75. The number of hydrogen-bond donors (Lipinski definition) is 1. The largest absolute Gasteiger partial charge is 0.481 e. The van der Waals surface area contributed by atoms with Crippen molar-refractivity contribution in [2.75, 3.05) is 20.2 Å². The second-order valence-corrected chi connectivity index (χ2v) is 6.66. The van der Waals surface area contributed by atoms with Crippen LogP contribution in [0.25, 0.3) is 0 Å². The van der Waals surface area contributed by atoms with Gasteiger partial charge < -0.3 is 14.7 Å². The molecule has 1 N–H and O–H groups in total. The molecule has 0 aliphatic carbocycles. The monoisotopic (exact) mass is 332 g/mol. The third-order valence-corrected chi connectivity index (χ3v) is 5.24. The maximum atomic E-state index is 12.6. The number of nitrogens with zero attached hydrogens (tertiary/aromatic N) is 2. The Kier molecular flexibility index (Phi) is 4.93. The molecule has 0 radical (unpaired) electrons. The molecule has 0 saturated carbocycles. The van der Waals surface area contributed by atoms with E-state index in [-0.39, 0.29) is 11.8 Å². The lowest BCUT2D eigenvalue weighted by Crippen LogP contribution is -2.39. The van der Waals surface area contributed by atoms with Crippen molar-refractivity contribution in [3.05, 3.63) is 46.3 Å². The summed E-state index contributed by atoms with van der Waals surface area (Å²) in [5.74, 6) is 0.651. The first-order valence-corrected chi connectivity index (χ1v) is 8.58. The molecule has 1 fully saturated rings. The van der Waals surface area contributed by atoms with Gasteiger partial charge in [-0.15, -0.1) is 11.3 Å². The lowest BCUT2D eigenvalue weighted by molar-refractivity contribution is 0.0473. The molecule has 1 aliphatic heterocycles. The van der Waals surface area contributed by atoms with Crippen LogP contribution in [0, 0.1) is 5.92 Å². The van der Waals surface area contributed by atoms with Crippen molar-refractivity contribution in [2.24, 2.45) is 5.92 Å². The first-order valence-electron chi connectivity index (χ1n) is 7.70. The fourth-order valence-electron chi connectivity index (χ4n) is 2.95. The number of carbonyl (C=O) groups excluding carboxylic acids is 1. The number of likely N-dealkylation sites (tertiary alicyclic amines) is 1. The van der Waals surface area contributed by atoms with Gasteiger partial charge in [-0.05, 0) is 36.3 Å². The normalized spacial score (nSPS) is 17.0. The lowest BCUT2D eigenvalue weighted by atomic mass is 9.90. The van der Waals surface area contributed by atoms with Crippen molar-refractivity contribution in [3.8, 4) is 5.88 Å². The SMILES string of the molecule is COc1cc(C(=O)N2CCC(C(O)c3cccs3)CC2)ccn1. The van der Waals surface area contributed by atoms with Gasteiger partial charge in [0.25, 0.3) is 5.91 Å². The van der Waals surface area contributed by atoms with Gasteiger partial charge in [0.2, 0.25) is 5.88 Å².